The number of aryl methyl sites for hydroxylation is 1. The van der Waals surface area contributed by atoms with Crippen LogP contribution in [0.1, 0.15) is 26.0 Å². The van der Waals surface area contributed by atoms with Gasteiger partial charge in [-0.2, -0.15) is 5.10 Å². The molecule has 6 rings (SSSR count). The maximum Gasteiger partial charge on any atom is 0.161 e. The van der Waals surface area contributed by atoms with Gasteiger partial charge in [-0.3, -0.25) is 15.1 Å². The maximum atomic E-state index is 10.3. The van der Waals surface area contributed by atoms with Crippen LogP contribution in [0.5, 0.6) is 0 Å². The number of aliphatic hydroxyl groups is 1. The van der Waals surface area contributed by atoms with Gasteiger partial charge in [0.1, 0.15) is 17.4 Å². The Balaban J connectivity index is 1.37. The number of aromatic amines is 2. The fourth-order valence-electron chi connectivity index (χ4n) is 4.38. The minimum absolute atomic E-state index is 0.371. The van der Waals surface area contributed by atoms with Crippen molar-refractivity contribution in [2.75, 3.05) is 5.32 Å². The molecule has 0 fully saturated rings. The lowest BCUT2D eigenvalue weighted by Gasteiger charge is -2.16. The molecule has 0 radical (unpaired) electrons. The van der Waals surface area contributed by atoms with Gasteiger partial charge in [-0.05, 0) is 37.5 Å². The lowest BCUT2D eigenvalue weighted by atomic mass is 10.1. The Morgan fingerprint density at radius 3 is 2.81 bits per heavy atom. The normalized spacial score (nSPS) is 12.6. The molecule has 0 spiro atoms. The molecule has 37 heavy (non-hydrogen) atoms. The molecule has 0 aliphatic carbocycles. The molecule has 0 aromatic carbocycles. The van der Waals surface area contributed by atoms with Crippen molar-refractivity contribution in [3.63, 3.8) is 0 Å². The van der Waals surface area contributed by atoms with Crippen LogP contribution in [0.15, 0.2) is 55.5 Å². The van der Waals surface area contributed by atoms with Gasteiger partial charge in [-0.15, -0.1) is 0 Å². The molecular weight excluding hydrogens is 468 g/mol. The number of hydrogen-bond acceptors (Lipinski definition) is 8. The molecule has 0 saturated carbocycles. The van der Waals surface area contributed by atoms with Crippen molar-refractivity contribution < 1.29 is 5.11 Å². The van der Waals surface area contributed by atoms with Crippen LogP contribution in [0.3, 0.4) is 0 Å². The highest BCUT2D eigenvalue weighted by molar-refractivity contribution is 5.95. The lowest BCUT2D eigenvalue weighted by Crippen LogP contribution is -2.20. The fraction of sp³-hybridized carbons (Fsp3) is 0.231. The first-order chi connectivity index (χ1) is 17.9. The van der Waals surface area contributed by atoms with Crippen molar-refractivity contribution in [2.24, 2.45) is 5.92 Å². The first-order valence-corrected chi connectivity index (χ1v) is 12.0. The van der Waals surface area contributed by atoms with Crippen LogP contribution in [0.25, 0.3) is 50.5 Å². The number of nitrogens with zero attached hydrogens (tertiary/aromatic N) is 7. The summed E-state index contributed by atoms with van der Waals surface area (Å²) >= 11 is 0. The average Bonchev–Trinajstić information content (AvgIpc) is 3.60. The SMILES string of the molecule is Cc1cn(-c2ccnc3[nH]c(-c4n[nH]c5cnc(-c6cncc(NC(O)CC(C)C)c6)cc45)nc23)cn1. The van der Waals surface area contributed by atoms with Crippen LogP contribution >= 0.6 is 0 Å². The first kappa shape index (κ1) is 22.8. The van der Waals surface area contributed by atoms with E-state index in [2.05, 4.69) is 54.3 Å². The predicted octanol–water partition coefficient (Wildman–Crippen LogP) is 4.23. The number of anilines is 1. The molecular formula is C26H26N10O. The molecule has 186 valence electrons. The molecule has 0 bridgehead atoms. The molecule has 11 nitrogen and oxygen atoms in total. The zero-order chi connectivity index (χ0) is 25.5. The molecule has 11 heteroatoms. The summed E-state index contributed by atoms with van der Waals surface area (Å²) in [4.78, 5) is 25.9. The van der Waals surface area contributed by atoms with Gasteiger partial charge in [0.25, 0.3) is 0 Å². The Bertz CT molecular complexity index is 1710. The Labute approximate surface area is 212 Å². The first-order valence-electron chi connectivity index (χ1n) is 12.0. The third-order valence-electron chi connectivity index (χ3n) is 6.09. The van der Waals surface area contributed by atoms with Gasteiger partial charge in [0.05, 0.1) is 47.0 Å². The highest BCUT2D eigenvalue weighted by Crippen LogP contribution is 2.30. The van der Waals surface area contributed by atoms with Gasteiger partial charge < -0.3 is 20.0 Å². The smallest absolute Gasteiger partial charge is 0.161 e. The summed E-state index contributed by atoms with van der Waals surface area (Å²) in [7, 11) is 0. The minimum atomic E-state index is -0.647. The standard InChI is InChI=1S/C26H26N10O/c1-14(2)6-22(37)31-17-7-16(9-27-10-17)19-8-18-20(11-29-19)34-35-23(18)26-32-24-21(4-5-28-25(24)33-26)36-12-15(3)30-13-36/h4-5,7-14,22,31,37H,6H2,1-3H3,(H,34,35)(H,28,32,33). The van der Waals surface area contributed by atoms with E-state index in [1.165, 1.54) is 0 Å². The largest absolute Gasteiger partial charge is 0.374 e. The van der Waals surface area contributed by atoms with Crippen molar-refractivity contribution in [1.29, 1.82) is 0 Å². The van der Waals surface area contributed by atoms with Crippen LogP contribution in [0.2, 0.25) is 0 Å². The molecule has 0 saturated heterocycles. The Morgan fingerprint density at radius 2 is 2.00 bits per heavy atom. The molecule has 0 aliphatic heterocycles. The van der Waals surface area contributed by atoms with E-state index in [1.807, 2.05) is 35.9 Å². The summed E-state index contributed by atoms with van der Waals surface area (Å²) in [6, 6.07) is 5.79. The fourth-order valence-corrected chi connectivity index (χ4v) is 4.38. The number of hydrogen-bond donors (Lipinski definition) is 4. The second-order valence-corrected chi connectivity index (χ2v) is 9.47. The predicted molar refractivity (Wildman–Crippen MR) is 141 cm³/mol. The van der Waals surface area contributed by atoms with E-state index in [4.69, 9.17) is 4.98 Å². The number of fused-ring (bicyclic) bond motifs is 2. The van der Waals surface area contributed by atoms with Crippen molar-refractivity contribution in [1.82, 2.24) is 44.7 Å². The highest BCUT2D eigenvalue weighted by Gasteiger charge is 2.17. The number of rotatable bonds is 7. The van der Waals surface area contributed by atoms with Crippen LogP contribution in [0, 0.1) is 12.8 Å². The van der Waals surface area contributed by atoms with Gasteiger partial charge in [0.2, 0.25) is 0 Å². The summed E-state index contributed by atoms with van der Waals surface area (Å²) in [6.07, 6.45) is 10.6. The summed E-state index contributed by atoms with van der Waals surface area (Å²) in [5.74, 6) is 0.969. The topological polar surface area (TPSA) is 146 Å². The van der Waals surface area contributed by atoms with Crippen LogP contribution in [0.4, 0.5) is 5.69 Å². The van der Waals surface area contributed by atoms with E-state index in [0.29, 0.717) is 29.5 Å². The van der Waals surface area contributed by atoms with Gasteiger partial charge in [-0.25, -0.2) is 15.0 Å². The second kappa shape index (κ2) is 9.10. The van der Waals surface area contributed by atoms with E-state index < -0.39 is 6.23 Å². The monoisotopic (exact) mass is 494 g/mol. The van der Waals surface area contributed by atoms with Crippen molar-refractivity contribution in [2.45, 2.75) is 33.4 Å². The van der Waals surface area contributed by atoms with Crippen LogP contribution < -0.4 is 5.32 Å². The van der Waals surface area contributed by atoms with Gasteiger partial charge >= 0.3 is 0 Å². The quantitative estimate of drug-likeness (QED) is 0.241. The molecule has 0 amide bonds. The molecule has 4 N–H and O–H groups in total. The second-order valence-electron chi connectivity index (χ2n) is 9.47. The number of aromatic nitrogens is 9. The molecule has 6 aromatic heterocycles. The zero-order valence-corrected chi connectivity index (χ0v) is 20.6. The summed E-state index contributed by atoms with van der Waals surface area (Å²) in [5.41, 5.74) is 6.91. The van der Waals surface area contributed by atoms with Gasteiger partial charge in [-0.1, -0.05) is 13.8 Å². The van der Waals surface area contributed by atoms with E-state index in [1.54, 1.807) is 31.1 Å². The third kappa shape index (κ3) is 4.40. The molecule has 1 atom stereocenters. The van der Waals surface area contributed by atoms with E-state index >= 15 is 0 Å². The van der Waals surface area contributed by atoms with Crippen molar-refractivity contribution in [3.05, 3.63) is 61.2 Å². The van der Waals surface area contributed by atoms with E-state index in [-0.39, 0.29) is 0 Å². The maximum absolute atomic E-state index is 10.3. The Morgan fingerprint density at radius 1 is 1.11 bits per heavy atom. The van der Waals surface area contributed by atoms with Crippen LogP contribution in [-0.4, -0.2) is 56.0 Å². The summed E-state index contributed by atoms with van der Waals surface area (Å²) in [6.45, 7) is 6.08. The Hall–Kier alpha value is -4.64. The molecule has 1 unspecified atom stereocenters. The van der Waals surface area contributed by atoms with Crippen molar-refractivity contribution in [3.8, 4) is 28.5 Å². The lowest BCUT2D eigenvalue weighted by molar-refractivity contribution is 0.176. The highest BCUT2D eigenvalue weighted by atomic mass is 16.3. The number of H-pyrrole nitrogens is 2. The number of pyridine rings is 3. The minimum Gasteiger partial charge on any atom is -0.374 e. The molecule has 0 aliphatic rings. The van der Waals surface area contributed by atoms with E-state index in [0.717, 1.165) is 44.7 Å². The summed E-state index contributed by atoms with van der Waals surface area (Å²) < 4.78 is 1.93. The van der Waals surface area contributed by atoms with Gasteiger partial charge in [0, 0.05) is 29.5 Å². The number of imidazole rings is 2. The molecule has 6 aromatic rings. The van der Waals surface area contributed by atoms with Crippen molar-refractivity contribution >= 4 is 27.8 Å². The van der Waals surface area contributed by atoms with Crippen LogP contribution in [-0.2, 0) is 0 Å². The average molecular weight is 495 g/mol. The van der Waals surface area contributed by atoms with E-state index in [9.17, 15) is 5.11 Å². The number of nitrogens with one attached hydrogen (secondary N) is 3. The molecule has 6 heterocycles. The Kier molecular flexibility index (Phi) is 5.61. The van der Waals surface area contributed by atoms with Gasteiger partial charge in [0.15, 0.2) is 11.5 Å². The zero-order valence-electron chi connectivity index (χ0n) is 20.6. The third-order valence-corrected chi connectivity index (χ3v) is 6.09. The number of aliphatic hydroxyl groups excluding tert-OH is 1. The summed E-state index contributed by atoms with van der Waals surface area (Å²) in [5, 5.41) is 21.8.